The van der Waals surface area contributed by atoms with Crippen LogP contribution in [-0.2, 0) is 11.3 Å². The Bertz CT molecular complexity index is 926. The van der Waals surface area contributed by atoms with Crippen LogP contribution in [0.1, 0.15) is 18.7 Å². The van der Waals surface area contributed by atoms with Crippen LogP contribution in [0.2, 0.25) is 0 Å². The van der Waals surface area contributed by atoms with Crippen molar-refractivity contribution in [1.82, 2.24) is 20.4 Å². The molecule has 8 heteroatoms. The van der Waals surface area contributed by atoms with Crippen LogP contribution in [0.5, 0.6) is 5.75 Å². The van der Waals surface area contributed by atoms with Crippen molar-refractivity contribution in [2.75, 3.05) is 39.1 Å². The molecule has 3 aromatic rings. The lowest BCUT2D eigenvalue weighted by atomic mass is 10.2. The van der Waals surface area contributed by atoms with Gasteiger partial charge in [0.25, 0.3) is 0 Å². The second-order valence-electron chi connectivity index (χ2n) is 7.37. The van der Waals surface area contributed by atoms with Crippen molar-refractivity contribution >= 4 is 11.6 Å². The van der Waals surface area contributed by atoms with E-state index in [0.29, 0.717) is 37.9 Å². The molecule has 1 aromatic heterocycles. The number of hydrogen-bond acceptors (Lipinski definition) is 7. The van der Waals surface area contributed by atoms with E-state index in [1.54, 1.807) is 0 Å². The number of amides is 1. The second-order valence-corrected chi connectivity index (χ2v) is 7.37. The van der Waals surface area contributed by atoms with E-state index in [4.69, 9.17) is 9.15 Å². The molecule has 2 aromatic carbocycles. The predicted octanol–water partition coefficient (Wildman–Crippen LogP) is 3.19. The van der Waals surface area contributed by atoms with Gasteiger partial charge in [0.1, 0.15) is 12.4 Å². The van der Waals surface area contributed by atoms with Gasteiger partial charge >= 0.3 is 0 Å². The smallest absolute Gasteiger partial charge is 0.247 e. The van der Waals surface area contributed by atoms with E-state index in [1.807, 2.05) is 68.7 Å². The molecule has 0 aliphatic rings. The summed E-state index contributed by atoms with van der Waals surface area (Å²) in [5.74, 6) is 1.81. The summed E-state index contributed by atoms with van der Waals surface area (Å²) < 4.78 is 11.3. The maximum atomic E-state index is 12.0. The first-order chi connectivity index (χ1) is 15.1. The van der Waals surface area contributed by atoms with Crippen LogP contribution >= 0.6 is 0 Å². The Hall–Kier alpha value is -3.23. The van der Waals surface area contributed by atoms with Gasteiger partial charge in [-0.1, -0.05) is 18.2 Å². The summed E-state index contributed by atoms with van der Waals surface area (Å²) >= 11 is 0. The maximum absolute atomic E-state index is 12.0. The minimum atomic E-state index is 0.0111. The third-order valence-electron chi connectivity index (χ3n) is 4.46. The molecule has 0 saturated heterocycles. The maximum Gasteiger partial charge on any atom is 0.247 e. The lowest BCUT2D eigenvalue weighted by Crippen LogP contribution is -2.20. The van der Waals surface area contributed by atoms with E-state index in [9.17, 15) is 4.79 Å². The number of nitrogens with zero attached hydrogens (tertiary/aromatic N) is 3. The number of benzene rings is 2. The summed E-state index contributed by atoms with van der Waals surface area (Å²) in [5, 5.41) is 14.3. The third kappa shape index (κ3) is 7.84. The lowest BCUT2D eigenvalue weighted by molar-refractivity contribution is -0.116. The number of para-hydroxylation sites is 1. The quantitative estimate of drug-likeness (QED) is 0.432. The van der Waals surface area contributed by atoms with Crippen molar-refractivity contribution in [3.05, 3.63) is 60.5 Å². The summed E-state index contributed by atoms with van der Waals surface area (Å²) in [6.45, 7) is 2.57. The van der Waals surface area contributed by atoms with Gasteiger partial charge in [-0.3, -0.25) is 4.79 Å². The molecule has 0 aliphatic carbocycles. The molecule has 31 heavy (non-hydrogen) atoms. The molecule has 0 radical (unpaired) electrons. The topological polar surface area (TPSA) is 92.5 Å². The summed E-state index contributed by atoms with van der Waals surface area (Å²) in [5.41, 5.74) is 1.55. The minimum absolute atomic E-state index is 0.0111. The van der Waals surface area contributed by atoms with Gasteiger partial charge in [-0.05, 0) is 63.5 Å². The fraction of sp³-hybridized carbons (Fsp3) is 0.348. The van der Waals surface area contributed by atoms with Gasteiger partial charge in [-0.15, -0.1) is 10.2 Å². The Labute approximate surface area is 182 Å². The number of ether oxygens (including phenoxy) is 1. The van der Waals surface area contributed by atoms with Gasteiger partial charge in [0.05, 0.1) is 6.54 Å². The van der Waals surface area contributed by atoms with Gasteiger partial charge in [-0.25, -0.2) is 0 Å². The average molecular weight is 424 g/mol. The van der Waals surface area contributed by atoms with Crippen LogP contribution in [-0.4, -0.2) is 54.8 Å². The van der Waals surface area contributed by atoms with Gasteiger partial charge in [0.15, 0.2) is 0 Å². The highest BCUT2D eigenvalue weighted by atomic mass is 16.5. The molecule has 2 N–H and O–H groups in total. The van der Waals surface area contributed by atoms with Crippen molar-refractivity contribution in [3.8, 4) is 17.2 Å². The summed E-state index contributed by atoms with van der Waals surface area (Å²) in [4.78, 5) is 14.1. The molecular formula is C23H29N5O3. The molecule has 1 amide bonds. The molecule has 1 heterocycles. The number of carbonyl (C=O) groups excluding carboxylic acids is 1. The molecule has 0 aliphatic heterocycles. The van der Waals surface area contributed by atoms with Crippen molar-refractivity contribution in [2.45, 2.75) is 19.4 Å². The summed E-state index contributed by atoms with van der Waals surface area (Å²) in [6, 6.07) is 17.1. The molecule has 0 saturated carbocycles. The first kappa shape index (κ1) is 22.5. The number of rotatable bonds is 12. The molecule has 164 valence electrons. The van der Waals surface area contributed by atoms with E-state index in [0.717, 1.165) is 30.0 Å². The molecule has 0 atom stereocenters. The second kappa shape index (κ2) is 11.8. The SMILES string of the molecule is CN(C)CCCC(=O)Nc1ccc(-c2nnc(CNCCOc3ccccc3)o2)cc1. The van der Waals surface area contributed by atoms with Gasteiger partial charge < -0.3 is 24.7 Å². The van der Waals surface area contributed by atoms with Gasteiger partial charge in [0.2, 0.25) is 17.7 Å². The van der Waals surface area contributed by atoms with E-state index in [2.05, 4.69) is 25.7 Å². The molecule has 0 unspecified atom stereocenters. The average Bonchev–Trinajstić information content (AvgIpc) is 3.23. The highest BCUT2D eigenvalue weighted by Crippen LogP contribution is 2.20. The molecule has 3 rings (SSSR count). The molecule has 0 spiro atoms. The zero-order valence-corrected chi connectivity index (χ0v) is 18.0. The standard InChI is InChI=1S/C23H29N5O3/c1-28(2)15-6-9-21(29)25-19-12-10-18(11-13-19)23-27-26-22(31-23)17-24-14-16-30-20-7-4-3-5-8-20/h3-5,7-8,10-13,24H,6,9,14-17H2,1-2H3,(H,25,29). The highest BCUT2D eigenvalue weighted by molar-refractivity contribution is 5.90. The molecule has 0 bridgehead atoms. The number of carbonyl (C=O) groups is 1. The van der Waals surface area contributed by atoms with Crippen molar-refractivity contribution < 1.29 is 13.9 Å². The van der Waals surface area contributed by atoms with E-state index in [-0.39, 0.29) is 5.91 Å². The van der Waals surface area contributed by atoms with Crippen LogP contribution in [0, 0.1) is 0 Å². The van der Waals surface area contributed by atoms with Crippen LogP contribution in [0.3, 0.4) is 0 Å². The largest absolute Gasteiger partial charge is 0.492 e. The van der Waals surface area contributed by atoms with Crippen molar-refractivity contribution in [3.63, 3.8) is 0 Å². The van der Waals surface area contributed by atoms with Crippen LogP contribution in [0.15, 0.2) is 59.0 Å². The Morgan fingerprint density at radius 3 is 2.58 bits per heavy atom. The van der Waals surface area contributed by atoms with Crippen molar-refractivity contribution in [2.24, 2.45) is 0 Å². The van der Waals surface area contributed by atoms with E-state index >= 15 is 0 Å². The first-order valence-corrected chi connectivity index (χ1v) is 10.4. The van der Waals surface area contributed by atoms with Crippen LogP contribution in [0.25, 0.3) is 11.5 Å². The normalized spacial score (nSPS) is 10.9. The third-order valence-corrected chi connectivity index (χ3v) is 4.46. The number of aromatic nitrogens is 2. The monoisotopic (exact) mass is 423 g/mol. The van der Waals surface area contributed by atoms with Gasteiger partial charge in [-0.2, -0.15) is 0 Å². The minimum Gasteiger partial charge on any atom is -0.492 e. The zero-order valence-electron chi connectivity index (χ0n) is 18.0. The lowest BCUT2D eigenvalue weighted by Gasteiger charge is -2.09. The molecule has 0 fully saturated rings. The fourth-order valence-electron chi connectivity index (χ4n) is 2.87. The van der Waals surface area contributed by atoms with Crippen LogP contribution in [0.4, 0.5) is 5.69 Å². The Morgan fingerprint density at radius 2 is 1.84 bits per heavy atom. The fourth-order valence-corrected chi connectivity index (χ4v) is 2.87. The van der Waals surface area contributed by atoms with Crippen molar-refractivity contribution in [1.29, 1.82) is 0 Å². The summed E-state index contributed by atoms with van der Waals surface area (Å²) in [6.07, 6.45) is 1.32. The highest BCUT2D eigenvalue weighted by Gasteiger charge is 2.09. The Kier molecular flexibility index (Phi) is 8.57. The van der Waals surface area contributed by atoms with E-state index in [1.165, 1.54) is 0 Å². The van der Waals surface area contributed by atoms with Crippen LogP contribution < -0.4 is 15.4 Å². The Morgan fingerprint density at radius 1 is 1.06 bits per heavy atom. The molecule has 8 nitrogen and oxygen atoms in total. The number of nitrogens with one attached hydrogen (secondary N) is 2. The zero-order chi connectivity index (χ0) is 21.9. The number of anilines is 1. The van der Waals surface area contributed by atoms with E-state index < -0.39 is 0 Å². The molecular weight excluding hydrogens is 394 g/mol. The van der Waals surface area contributed by atoms with Gasteiger partial charge in [0, 0.05) is 24.2 Å². The first-order valence-electron chi connectivity index (χ1n) is 10.4. The Balaban J connectivity index is 1.40. The summed E-state index contributed by atoms with van der Waals surface area (Å²) in [7, 11) is 3.99. The predicted molar refractivity (Wildman–Crippen MR) is 120 cm³/mol. The number of hydrogen-bond donors (Lipinski definition) is 2.